The van der Waals surface area contributed by atoms with Crippen molar-refractivity contribution in [1.82, 2.24) is 5.32 Å². The zero-order valence-electron chi connectivity index (χ0n) is 11.2. The molecule has 1 atom stereocenters. The number of hydrogen-bond donors (Lipinski definition) is 3. The van der Waals surface area contributed by atoms with E-state index in [4.69, 9.17) is 5.11 Å². The van der Waals surface area contributed by atoms with E-state index in [1.165, 1.54) is 32.1 Å². The summed E-state index contributed by atoms with van der Waals surface area (Å²) in [5, 5.41) is 22.0. The molecule has 0 aromatic heterocycles. The summed E-state index contributed by atoms with van der Waals surface area (Å²) in [6.45, 7) is 4.66. The van der Waals surface area contributed by atoms with Crippen molar-refractivity contribution in [1.29, 1.82) is 0 Å². The zero-order chi connectivity index (χ0) is 12.6. The Morgan fingerprint density at radius 2 is 1.88 bits per heavy atom. The van der Waals surface area contributed by atoms with Crippen LogP contribution in [-0.4, -0.2) is 36.5 Å². The highest BCUT2D eigenvalue weighted by molar-refractivity contribution is 4.84. The van der Waals surface area contributed by atoms with Crippen LogP contribution in [-0.2, 0) is 0 Å². The van der Waals surface area contributed by atoms with Crippen LogP contribution in [0, 0.1) is 11.3 Å². The Hall–Kier alpha value is -0.120. The van der Waals surface area contributed by atoms with Crippen LogP contribution in [0.5, 0.6) is 0 Å². The van der Waals surface area contributed by atoms with E-state index >= 15 is 0 Å². The number of rotatable bonds is 8. The highest BCUT2D eigenvalue weighted by Crippen LogP contribution is 2.35. The maximum absolute atomic E-state index is 9.55. The maximum atomic E-state index is 9.55. The molecule has 0 saturated heterocycles. The summed E-state index contributed by atoms with van der Waals surface area (Å²) in [4.78, 5) is 0. The first-order valence-corrected chi connectivity index (χ1v) is 7.15. The van der Waals surface area contributed by atoms with E-state index in [-0.39, 0.29) is 5.41 Å². The van der Waals surface area contributed by atoms with Gasteiger partial charge in [0.25, 0.3) is 0 Å². The molecule has 17 heavy (non-hydrogen) atoms. The van der Waals surface area contributed by atoms with Crippen molar-refractivity contribution in [3.63, 3.8) is 0 Å². The van der Waals surface area contributed by atoms with Gasteiger partial charge in [0.05, 0.1) is 0 Å². The predicted molar refractivity (Wildman–Crippen MR) is 71.0 cm³/mol. The molecular formula is C14H29NO2. The van der Waals surface area contributed by atoms with E-state index < -0.39 is 0 Å². The van der Waals surface area contributed by atoms with Crippen LogP contribution in [0.3, 0.4) is 0 Å². The van der Waals surface area contributed by atoms with Crippen LogP contribution in [0.15, 0.2) is 0 Å². The molecule has 0 amide bonds. The maximum Gasteiger partial charge on any atom is 0.0499 e. The van der Waals surface area contributed by atoms with Gasteiger partial charge in [-0.05, 0) is 38.1 Å². The molecule has 3 nitrogen and oxygen atoms in total. The molecule has 1 rings (SSSR count). The van der Waals surface area contributed by atoms with E-state index in [9.17, 15) is 5.11 Å². The average molecular weight is 243 g/mol. The van der Waals surface area contributed by atoms with E-state index in [1.54, 1.807) is 0 Å². The number of aliphatic hydroxyl groups is 2. The standard InChI is InChI=1S/C14H29NO2/c1-13(10-16)6-5-9-15-11-14(12-17)7-3-2-4-8-14/h13,15-17H,2-12H2,1H3. The van der Waals surface area contributed by atoms with Gasteiger partial charge in [-0.15, -0.1) is 0 Å². The topological polar surface area (TPSA) is 52.5 Å². The minimum atomic E-state index is 0.154. The van der Waals surface area contributed by atoms with Crippen molar-refractivity contribution in [2.45, 2.75) is 51.9 Å². The molecule has 0 aliphatic heterocycles. The molecule has 1 unspecified atom stereocenters. The van der Waals surface area contributed by atoms with Crippen molar-refractivity contribution in [3.8, 4) is 0 Å². The van der Waals surface area contributed by atoms with Gasteiger partial charge >= 0.3 is 0 Å². The van der Waals surface area contributed by atoms with Gasteiger partial charge in [-0.2, -0.15) is 0 Å². The molecule has 1 saturated carbocycles. The summed E-state index contributed by atoms with van der Waals surface area (Å²) in [7, 11) is 0. The van der Waals surface area contributed by atoms with E-state index in [2.05, 4.69) is 12.2 Å². The highest BCUT2D eigenvalue weighted by atomic mass is 16.3. The SMILES string of the molecule is CC(CO)CCCNCC1(CO)CCCCC1. The van der Waals surface area contributed by atoms with E-state index in [1.807, 2.05) is 0 Å². The average Bonchev–Trinajstić information content (AvgIpc) is 2.39. The summed E-state index contributed by atoms with van der Waals surface area (Å²) in [6, 6.07) is 0. The Morgan fingerprint density at radius 1 is 1.18 bits per heavy atom. The van der Waals surface area contributed by atoms with Gasteiger partial charge in [0.15, 0.2) is 0 Å². The Balaban J connectivity index is 2.11. The predicted octanol–water partition coefficient (Wildman–Crippen LogP) is 1.93. The molecule has 0 radical (unpaired) electrons. The summed E-state index contributed by atoms with van der Waals surface area (Å²) in [6.07, 6.45) is 8.40. The fourth-order valence-electron chi connectivity index (χ4n) is 2.71. The lowest BCUT2D eigenvalue weighted by atomic mass is 9.74. The first-order chi connectivity index (χ1) is 8.22. The van der Waals surface area contributed by atoms with Crippen molar-refractivity contribution in [3.05, 3.63) is 0 Å². The Morgan fingerprint density at radius 3 is 2.47 bits per heavy atom. The molecule has 0 bridgehead atoms. The number of nitrogens with one attached hydrogen (secondary N) is 1. The molecular weight excluding hydrogens is 214 g/mol. The fourth-order valence-corrected chi connectivity index (χ4v) is 2.71. The van der Waals surface area contributed by atoms with E-state index in [0.29, 0.717) is 19.1 Å². The second kappa shape index (κ2) is 8.06. The van der Waals surface area contributed by atoms with Gasteiger partial charge in [-0.25, -0.2) is 0 Å². The molecule has 1 aliphatic rings. The third-order valence-corrected chi connectivity index (χ3v) is 4.11. The monoisotopic (exact) mass is 243 g/mol. The second-order valence-corrected chi connectivity index (χ2v) is 5.83. The van der Waals surface area contributed by atoms with Crippen LogP contribution in [0.4, 0.5) is 0 Å². The second-order valence-electron chi connectivity index (χ2n) is 5.83. The van der Waals surface area contributed by atoms with Crippen LogP contribution < -0.4 is 5.32 Å². The molecule has 0 aromatic carbocycles. The Kier molecular flexibility index (Phi) is 7.09. The molecule has 3 heteroatoms. The lowest BCUT2D eigenvalue weighted by Crippen LogP contribution is -2.39. The van der Waals surface area contributed by atoms with Gasteiger partial charge in [-0.3, -0.25) is 0 Å². The minimum absolute atomic E-state index is 0.154. The lowest BCUT2D eigenvalue weighted by Gasteiger charge is -2.35. The van der Waals surface area contributed by atoms with Crippen LogP contribution in [0.2, 0.25) is 0 Å². The van der Waals surface area contributed by atoms with Gasteiger partial charge in [0.1, 0.15) is 0 Å². The van der Waals surface area contributed by atoms with Gasteiger partial charge in [-0.1, -0.05) is 26.2 Å². The summed E-state index contributed by atoms with van der Waals surface area (Å²) in [5.41, 5.74) is 0.154. The van der Waals surface area contributed by atoms with Crippen LogP contribution >= 0.6 is 0 Å². The van der Waals surface area contributed by atoms with Crippen LogP contribution in [0.25, 0.3) is 0 Å². The largest absolute Gasteiger partial charge is 0.396 e. The van der Waals surface area contributed by atoms with Crippen LogP contribution in [0.1, 0.15) is 51.9 Å². The molecule has 3 N–H and O–H groups in total. The summed E-state index contributed by atoms with van der Waals surface area (Å²) >= 11 is 0. The molecule has 1 aliphatic carbocycles. The normalized spacial score (nSPS) is 21.4. The van der Waals surface area contributed by atoms with Gasteiger partial charge in [0.2, 0.25) is 0 Å². The summed E-state index contributed by atoms with van der Waals surface area (Å²) in [5.74, 6) is 0.415. The first kappa shape index (κ1) is 14.9. The zero-order valence-corrected chi connectivity index (χ0v) is 11.2. The number of hydrogen-bond acceptors (Lipinski definition) is 3. The molecule has 102 valence electrons. The molecule has 1 fully saturated rings. The third-order valence-electron chi connectivity index (χ3n) is 4.11. The van der Waals surface area contributed by atoms with Gasteiger partial charge in [0, 0.05) is 25.2 Å². The van der Waals surface area contributed by atoms with Crippen molar-refractivity contribution in [2.75, 3.05) is 26.3 Å². The first-order valence-electron chi connectivity index (χ1n) is 7.15. The highest BCUT2D eigenvalue weighted by Gasteiger charge is 2.30. The summed E-state index contributed by atoms with van der Waals surface area (Å²) < 4.78 is 0. The van der Waals surface area contributed by atoms with Crippen molar-refractivity contribution < 1.29 is 10.2 Å². The molecule has 0 heterocycles. The van der Waals surface area contributed by atoms with E-state index in [0.717, 1.165) is 25.9 Å². The minimum Gasteiger partial charge on any atom is -0.396 e. The lowest BCUT2D eigenvalue weighted by molar-refractivity contribution is 0.0813. The molecule has 0 spiro atoms. The van der Waals surface area contributed by atoms with Crippen molar-refractivity contribution >= 4 is 0 Å². The third kappa shape index (κ3) is 5.36. The molecule has 0 aromatic rings. The number of aliphatic hydroxyl groups excluding tert-OH is 2. The Bertz CT molecular complexity index is 191. The Labute approximate surface area is 106 Å². The quantitative estimate of drug-likeness (QED) is 0.571. The smallest absolute Gasteiger partial charge is 0.0499 e. The van der Waals surface area contributed by atoms with Gasteiger partial charge < -0.3 is 15.5 Å². The fraction of sp³-hybridized carbons (Fsp3) is 1.00. The van der Waals surface area contributed by atoms with Crippen molar-refractivity contribution in [2.24, 2.45) is 11.3 Å².